The summed E-state index contributed by atoms with van der Waals surface area (Å²) in [5.41, 5.74) is -0.528. The van der Waals surface area contributed by atoms with Crippen molar-refractivity contribution < 1.29 is 19.1 Å². The predicted octanol–water partition coefficient (Wildman–Crippen LogP) is 1.89. The van der Waals surface area contributed by atoms with Gasteiger partial charge in [0.25, 0.3) is 0 Å². The largest absolute Gasteiger partial charge is 0.459 e. The van der Waals surface area contributed by atoms with Gasteiger partial charge in [0.05, 0.1) is 6.10 Å². The van der Waals surface area contributed by atoms with Crippen LogP contribution in [0.15, 0.2) is 0 Å². The standard InChI is InChI=1S/C24H44N4O4/c1-24(2,3)32-21(29)15-25-22(30)17-7-5-16(6-8-17)18-13-26-23(27-14-18)28-19-9-11-20(31-4)12-10-19/h16-20,23,26-28H,5-15H2,1-4H3,(H,25,30). The van der Waals surface area contributed by atoms with Gasteiger partial charge in [-0.15, -0.1) is 0 Å². The highest BCUT2D eigenvalue weighted by Crippen LogP contribution is 2.34. The molecule has 0 aromatic carbocycles. The van der Waals surface area contributed by atoms with Crippen LogP contribution in [-0.4, -0.2) is 62.7 Å². The summed E-state index contributed by atoms with van der Waals surface area (Å²) in [5, 5.41) is 13.8. The topological polar surface area (TPSA) is 101 Å². The minimum absolute atomic E-state index is 0.00911. The molecule has 4 N–H and O–H groups in total. The second-order valence-corrected chi connectivity index (χ2v) is 10.8. The zero-order valence-electron chi connectivity index (χ0n) is 20.4. The fourth-order valence-corrected chi connectivity index (χ4v) is 5.37. The lowest BCUT2D eigenvalue weighted by Gasteiger charge is -2.40. The number of nitrogens with one attached hydrogen (secondary N) is 4. The molecule has 0 bridgehead atoms. The Balaban J connectivity index is 1.30. The Morgan fingerprint density at radius 2 is 1.53 bits per heavy atom. The van der Waals surface area contributed by atoms with E-state index in [1.54, 1.807) is 0 Å². The summed E-state index contributed by atoms with van der Waals surface area (Å²) in [4.78, 5) is 24.3. The molecule has 1 aliphatic heterocycles. The van der Waals surface area contributed by atoms with Gasteiger partial charge in [0, 0.05) is 32.2 Å². The molecule has 1 amide bonds. The third-order valence-corrected chi connectivity index (χ3v) is 7.21. The van der Waals surface area contributed by atoms with Crippen molar-refractivity contribution in [2.75, 3.05) is 26.7 Å². The first kappa shape index (κ1) is 25.4. The maximum Gasteiger partial charge on any atom is 0.325 e. The van der Waals surface area contributed by atoms with E-state index in [1.165, 1.54) is 12.8 Å². The Labute approximate surface area is 193 Å². The molecule has 3 rings (SSSR count). The Morgan fingerprint density at radius 3 is 2.09 bits per heavy atom. The highest BCUT2D eigenvalue weighted by Gasteiger charge is 2.33. The molecular weight excluding hydrogens is 408 g/mol. The van der Waals surface area contributed by atoms with E-state index in [4.69, 9.17) is 9.47 Å². The van der Waals surface area contributed by atoms with Crippen LogP contribution in [0.5, 0.6) is 0 Å². The lowest BCUT2D eigenvalue weighted by Crippen LogP contribution is -2.63. The Kier molecular flexibility index (Phi) is 9.34. The zero-order valence-corrected chi connectivity index (χ0v) is 20.4. The lowest BCUT2D eigenvalue weighted by atomic mass is 9.75. The van der Waals surface area contributed by atoms with E-state index >= 15 is 0 Å². The molecule has 0 spiro atoms. The van der Waals surface area contributed by atoms with E-state index in [9.17, 15) is 9.59 Å². The number of carbonyl (C=O) groups excluding carboxylic acids is 2. The Morgan fingerprint density at radius 1 is 0.906 bits per heavy atom. The van der Waals surface area contributed by atoms with Gasteiger partial charge in [0.1, 0.15) is 18.4 Å². The summed E-state index contributed by atoms with van der Waals surface area (Å²) in [6.07, 6.45) is 9.15. The highest BCUT2D eigenvalue weighted by atomic mass is 16.6. The molecule has 32 heavy (non-hydrogen) atoms. The van der Waals surface area contributed by atoms with Gasteiger partial charge in [0.15, 0.2) is 0 Å². The van der Waals surface area contributed by atoms with E-state index in [1.807, 2.05) is 27.9 Å². The van der Waals surface area contributed by atoms with Gasteiger partial charge in [-0.05, 0) is 84.0 Å². The Hall–Kier alpha value is -1.22. The molecule has 8 nitrogen and oxygen atoms in total. The number of hydrogen-bond acceptors (Lipinski definition) is 7. The first-order chi connectivity index (χ1) is 15.2. The Bertz CT molecular complexity index is 600. The first-order valence-electron chi connectivity index (χ1n) is 12.5. The predicted molar refractivity (Wildman–Crippen MR) is 124 cm³/mol. The van der Waals surface area contributed by atoms with Crippen LogP contribution in [0.4, 0.5) is 0 Å². The van der Waals surface area contributed by atoms with Crippen LogP contribution >= 0.6 is 0 Å². The quantitative estimate of drug-likeness (QED) is 0.438. The average Bonchev–Trinajstić information content (AvgIpc) is 2.77. The van der Waals surface area contributed by atoms with Gasteiger partial charge >= 0.3 is 5.97 Å². The van der Waals surface area contributed by atoms with Crippen molar-refractivity contribution >= 4 is 11.9 Å². The number of methoxy groups -OCH3 is 1. The molecule has 2 aliphatic carbocycles. The summed E-state index contributed by atoms with van der Waals surface area (Å²) in [6.45, 7) is 7.46. The van der Waals surface area contributed by atoms with Crippen LogP contribution in [0.2, 0.25) is 0 Å². The molecule has 0 unspecified atom stereocenters. The van der Waals surface area contributed by atoms with Gasteiger partial charge in [-0.2, -0.15) is 0 Å². The third kappa shape index (κ3) is 7.97. The van der Waals surface area contributed by atoms with Crippen LogP contribution in [0.1, 0.15) is 72.1 Å². The van der Waals surface area contributed by atoms with E-state index in [0.717, 1.165) is 51.6 Å². The summed E-state index contributed by atoms with van der Waals surface area (Å²) in [7, 11) is 1.81. The maximum absolute atomic E-state index is 12.5. The van der Waals surface area contributed by atoms with Crippen molar-refractivity contribution in [2.24, 2.45) is 17.8 Å². The van der Waals surface area contributed by atoms with Crippen LogP contribution in [0, 0.1) is 17.8 Å². The molecule has 3 aliphatic rings. The number of carbonyl (C=O) groups is 2. The van der Waals surface area contributed by atoms with Crippen molar-refractivity contribution in [3.05, 3.63) is 0 Å². The number of hydrogen-bond donors (Lipinski definition) is 4. The van der Waals surface area contributed by atoms with Crippen LogP contribution in [-0.2, 0) is 19.1 Å². The minimum Gasteiger partial charge on any atom is -0.459 e. The van der Waals surface area contributed by atoms with Gasteiger partial charge < -0.3 is 14.8 Å². The van der Waals surface area contributed by atoms with E-state index in [2.05, 4.69) is 21.3 Å². The van der Waals surface area contributed by atoms with Gasteiger partial charge in [-0.25, -0.2) is 0 Å². The second kappa shape index (κ2) is 11.8. The summed E-state index contributed by atoms with van der Waals surface area (Å²) in [6, 6.07) is 0.553. The molecule has 0 aromatic heterocycles. The van der Waals surface area contributed by atoms with Crippen LogP contribution < -0.4 is 21.3 Å². The number of ether oxygens (including phenoxy) is 2. The average molecular weight is 453 g/mol. The summed E-state index contributed by atoms with van der Waals surface area (Å²) < 4.78 is 10.7. The van der Waals surface area contributed by atoms with E-state index in [0.29, 0.717) is 24.0 Å². The zero-order chi connectivity index (χ0) is 23.1. The molecule has 8 heteroatoms. The lowest BCUT2D eigenvalue weighted by molar-refractivity contribution is -0.154. The molecule has 0 radical (unpaired) electrons. The smallest absolute Gasteiger partial charge is 0.325 e. The molecule has 1 saturated heterocycles. The van der Waals surface area contributed by atoms with Gasteiger partial charge in [-0.1, -0.05) is 0 Å². The van der Waals surface area contributed by atoms with E-state index < -0.39 is 5.60 Å². The normalized spacial score (nSPS) is 34.0. The van der Waals surface area contributed by atoms with Crippen molar-refractivity contribution in [2.45, 2.75) is 96.2 Å². The summed E-state index contributed by atoms with van der Waals surface area (Å²) >= 11 is 0. The monoisotopic (exact) mass is 452 g/mol. The molecule has 2 saturated carbocycles. The van der Waals surface area contributed by atoms with Crippen LogP contribution in [0.3, 0.4) is 0 Å². The van der Waals surface area contributed by atoms with Crippen LogP contribution in [0.25, 0.3) is 0 Å². The summed E-state index contributed by atoms with van der Waals surface area (Å²) in [5.74, 6) is 0.858. The minimum atomic E-state index is -0.528. The van der Waals surface area contributed by atoms with Gasteiger partial charge in [-0.3, -0.25) is 25.5 Å². The second-order valence-electron chi connectivity index (χ2n) is 10.8. The molecular formula is C24H44N4O4. The highest BCUT2D eigenvalue weighted by molar-refractivity contribution is 5.83. The maximum atomic E-state index is 12.5. The molecule has 0 aromatic rings. The molecule has 184 valence electrons. The fourth-order valence-electron chi connectivity index (χ4n) is 5.37. The number of rotatable bonds is 7. The molecule has 0 atom stereocenters. The molecule has 1 heterocycles. The third-order valence-electron chi connectivity index (χ3n) is 7.21. The van der Waals surface area contributed by atoms with Crippen molar-refractivity contribution in [1.82, 2.24) is 21.3 Å². The number of amides is 1. The number of esters is 1. The molecule has 3 fully saturated rings. The van der Waals surface area contributed by atoms with Crippen molar-refractivity contribution in [1.29, 1.82) is 0 Å². The fraction of sp³-hybridized carbons (Fsp3) is 0.917. The van der Waals surface area contributed by atoms with Crippen molar-refractivity contribution in [3.8, 4) is 0 Å². The van der Waals surface area contributed by atoms with Gasteiger partial charge in [0.2, 0.25) is 5.91 Å². The van der Waals surface area contributed by atoms with Crippen molar-refractivity contribution in [3.63, 3.8) is 0 Å². The SMILES string of the molecule is COC1CCC(NC2NCC(C3CCC(C(=O)NCC(=O)OC(C)(C)C)CC3)CN2)CC1. The first-order valence-corrected chi connectivity index (χ1v) is 12.5. The van der Waals surface area contributed by atoms with E-state index in [-0.39, 0.29) is 30.6 Å².